The summed E-state index contributed by atoms with van der Waals surface area (Å²) in [4.78, 5) is 14.5. The van der Waals surface area contributed by atoms with Gasteiger partial charge in [-0.25, -0.2) is 9.78 Å². The molecule has 0 unspecified atom stereocenters. The lowest BCUT2D eigenvalue weighted by molar-refractivity contribution is 0.142. The number of carboxylic acid groups (broad SMARTS) is 1. The quantitative estimate of drug-likeness (QED) is 0.659. The first-order valence-corrected chi connectivity index (χ1v) is 6.28. The molecule has 0 amide bonds. The van der Waals surface area contributed by atoms with Gasteiger partial charge in [-0.3, -0.25) is 0 Å². The van der Waals surface area contributed by atoms with Gasteiger partial charge in [0.1, 0.15) is 0 Å². The number of nitrogens with zero attached hydrogens (tertiary/aromatic N) is 1. The number of pyridine rings is 1. The maximum absolute atomic E-state index is 10.6. The van der Waals surface area contributed by atoms with Crippen LogP contribution in [0, 0.1) is 10.5 Å². The van der Waals surface area contributed by atoms with Gasteiger partial charge in [0, 0.05) is 15.3 Å². The van der Waals surface area contributed by atoms with Crippen molar-refractivity contribution in [1.82, 2.24) is 4.98 Å². The SMILES string of the molecule is Cc1c(-c2ccc(I)cc2)ccnc1OC(=O)O. The summed E-state index contributed by atoms with van der Waals surface area (Å²) in [5, 5.41) is 8.63. The Balaban J connectivity index is 2.45. The molecule has 1 aromatic carbocycles. The first kappa shape index (κ1) is 12.8. The number of benzene rings is 1. The Bertz CT molecular complexity index is 581. The van der Waals surface area contributed by atoms with Crippen molar-refractivity contribution in [3.63, 3.8) is 0 Å². The van der Waals surface area contributed by atoms with E-state index >= 15 is 0 Å². The molecule has 0 fully saturated rings. The van der Waals surface area contributed by atoms with E-state index in [0.29, 0.717) is 5.56 Å². The van der Waals surface area contributed by atoms with Gasteiger partial charge in [0.05, 0.1) is 0 Å². The molecule has 0 aliphatic carbocycles. The van der Waals surface area contributed by atoms with E-state index in [1.807, 2.05) is 30.3 Å². The Morgan fingerprint density at radius 1 is 1.28 bits per heavy atom. The van der Waals surface area contributed by atoms with E-state index in [1.54, 1.807) is 13.1 Å². The van der Waals surface area contributed by atoms with Crippen molar-refractivity contribution < 1.29 is 14.6 Å². The smallest absolute Gasteiger partial charge is 0.449 e. The third kappa shape index (κ3) is 2.79. The normalized spacial score (nSPS) is 10.1. The predicted molar refractivity (Wildman–Crippen MR) is 75.8 cm³/mol. The summed E-state index contributed by atoms with van der Waals surface area (Å²) in [6.45, 7) is 1.79. The third-order valence-corrected chi connectivity index (χ3v) is 3.22. The van der Waals surface area contributed by atoms with Crippen molar-refractivity contribution in [2.24, 2.45) is 0 Å². The van der Waals surface area contributed by atoms with E-state index in [1.165, 1.54) is 0 Å². The average molecular weight is 355 g/mol. The third-order valence-electron chi connectivity index (χ3n) is 2.50. The zero-order chi connectivity index (χ0) is 13.1. The van der Waals surface area contributed by atoms with Gasteiger partial charge in [0.15, 0.2) is 0 Å². The Labute approximate surface area is 118 Å². The number of carbonyl (C=O) groups is 1. The molecule has 18 heavy (non-hydrogen) atoms. The van der Waals surface area contributed by atoms with Crippen LogP contribution in [0.2, 0.25) is 0 Å². The van der Waals surface area contributed by atoms with Gasteiger partial charge >= 0.3 is 6.16 Å². The summed E-state index contributed by atoms with van der Waals surface area (Å²) < 4.78 is 5.78. The largest absolute Gasteiger partial charge is 0.512 e. The van der Waals surface area contributed by atoms with Crippen molar-refractivity contribution in [3.05, 3.63) is 45.7 Å². The zero-order valence-corrected chi connectivity index (χ0v) is 11.7. The van der Waals surface area contributed by atoms with Crippen molar-refractivity contribution in [2.45, 2.75) is 6.92 Å². The Kier molecular flexibility index (Phi) is 3.81. The number of ether oxygens (including phenoxy) is 1. The van der Waals surface area contributed by atoms with Crippen LogP contribution in [-0.4, -0.2) is 16.2 Å². The van der Waals surface area contributed by atoms with E-state index < -0.39 is 6.16 Å². The minimum Gasteiger partial charge on any atom is -0.449 e. The Morgan fingerprint density at radius 2 is 1.94 bits per heavy atom. The lowest BCUT2D eigenvalue weighted by Gasteiger charge is -2.09. The standard InChI is InChI=1S/C13H10INO3/c1-8-11(9-2-4-10(14)5-3-9)6-7-15-12(8)18-13(16)17/h2-7H,1H3,(H,16,17). The van der Waals surface area contributed by atoms with Crippen LogP contribution in [0.4, 0.5) is 4.79 Å². The molecule has 0 spiro atoms. The van der Waals surface area contributed by atoms with Crippen LogP contribution in [0.25, 0.3) is 11.1 Å². The lowest BCUT2D eigenvalue weighted by Crippen LogP contribution is -2.06. The molecule has 0 radical (unpaired) electrons. The summed E-state index contributed by atoms with van der Waals surface area (Å²) in [5.41, 5.74) is 2.63. The van der Waals surface area contributed by atoms with Crippen LogP contribution in [0.15, 0.2) is 36.5 Å². The number of halogens is 1. The minimum absolute atomic E-state index is 0.124. The molecule has 0 bridgehead atoms. The molecule has 1 N–H and O–H groups in total. The van der Waals surface area contributed by atoms with Crippen LogP contribution >= 0.6 is 22.6 Å². The average Bonchev–Trinajstić information content (AvgIpc) is 2.33. The molecule has 0 aliphatic rings. The Morgan fingerprint density at radius 3 is 2.56 bits per heavy atom. The predicted octanol–water partition coefficient (Wildman–Crippen LogP) is 3.72. The van der Waals surface area contributed by atoms with Crippen LogP contribution in [0.5, 0.6) is 5.88 Å². The van der Waals surface area contributed by atoms with Crippen molar-refractivity contribution in [1.29, 1.82) is 0 Å². The molecule has 0 atom stereocenters. The highest BCUT2D eigenvalue weighted by Crippen LogP contribution is 2.28. The highest BCUT2D eigenvalue weighted by Gasteiger charge is 2.11. The van der Waals surface area contributed by atoms with Gasteiger partial charge in [0.2, 0.25) is 5.88 Å². The summed E-state index contributed by atoms with van der Waals surface area (Å²) in [7, 11) is 0. The van der Waals surface area contributed by atoms with Gasteiger partial charge in [-0.15, -0.1) is 0 Å². The molecule has 5 heteroatoms. The fraction of sp³-hybridized carbons (Fsp3) is 0.0769. The number of rotatable bonds is 2. The molecular formula is C13H10INO3. The number of aromatic nitrogens is 1. The highest BCUT2D eigenvalue weighted by molar-refractivity contribution is 14.1. The summed E-state index contributed by atoms with van der Waals surface area (Å²) in [5.74, 6) is 0.124. The van der Waals surface area contributed by atoms with Gasteiger partial charge in [-0.2, -0.15) is 0 Å². The second-order valence-electron chi connectivity index (χ2n) is 3.66. The lowest BCUT2D eigenvalue weighted by atomic mass is 10.0. The number of hydrogen-bond acceptors (Lipinski definition) is 3. The van der Waals surface area contributed by atoms with Crippen LogP contribution < -0.4 is 4.74 Å². The molecule has 2 aromatic rings. The zero-order valence-electron chi connectivity index (χ0n) is 9.55. The van der Waals surface area contributed by atoms with Gasteiger partial charge < -0.3 is 9.84 Å². The van der Waals surface area contributed by atoms with E-state index in [-0.39, 0.29) is 5.88 Å². The van der Waals surface area contributed by atoms with Crippen molar-refractivity contribution in [3.8, 4) is 17.0 Å². The minimum atomic E-state index is -1.36. The molecule has 1 aromatic heterocycles. The molecule has 1 heterocycles. The second-order valence-corrected chi connectivity index (χ2v) is 4.91. The van der Waals surface area contributed by atoms with E-state index in [2.05, 4.69) is 32.3 Å². The molecule has 2 rings (SSSR count). The van der Waals surface area contributed by atoms with Gasteiger partial charge in [-0.05, 0) is 58.8 Å². The first-order valence-electron chi connectivity index (χ1n) is 5.20. The molecule has 4 nitrogen and oxygen atoms in total. The van der Waals surface area contributed by atoms with Gasteiger partial charge in [0.25, 0.3) is 0 Å². The molecule has 0 aliphatic heterocycles. The van der Waals surface area contributed by atoms with Crippen LogP contribution in [0.3, 0.4) is 0 Å². The summed E-state index contributed by atoms with van der Waals surface area (Å²) in [6, 6.07) is 9.79. The summed E-state index contributed by atoms with van der Waals surface area (Å²) in [6.07, 6.45) is 0.184. The first-order chi connectivity index (χ1) is 8.58. The molecule has 92 valence electrons. The molecule has 0 saturated heterocycles. The topological polar surface area (TPSA) is 59.4 Å². The monoisotopic (exact) mass is 355 g/mol. The van der Waals surface area contributed by atoms with E-state index in [0.717, 1.165) is 14.7 Å². The molecule has 0 saturated carbocycles. The van der Waals surface area contributed by atoms with Crippen LogP contribution in [0.1, 0.15) is 5.56 Å². The number of hydrogen-bond donors (Lipinski definition) is 1. The van der Waals surface area contributed by atoms with E-state index in [4.69, 9.17) is 5.11 Å². The van der Waals surface area contributed by atoms with Gasteiger partial charge in [-0.1, -0.05) is 12.1 Å². The fourth-order valence-electron chi connectivity index (χ4n) is 1.64. The maximum Gasteiger partial charge on any atom is 0.512 e. The Hall–Kier alpha value is -1.63. The van der Waals surface area contributed by atoms with Crippen molar-refractivity contribution in [2.75, 3.05) is 0 Å². The molecular weight excluding hydrogens is 345 g/mol. The van der Waals surface area contributed by atoms with E-state index in [9.17, 15) is 4.79 Å². The maximum atomic E-state index is 10.6. The van der Waals surface area contributed by atoms with Crippen LogP contribution in [-0.2, 0) is 0 Å². The summed E-state index contributed by atoms with van der Waals surface area (Å²) >= 11 is 2.23. The van der Waals surface area contributed by atoms with Crippen molar-refractivity contribution >= 4 is 28.7 Å². The highest BCUT2D eigenvalue weighted by atomic mass is 127. The second kappa shape index (κ2) is 5.34. The fourth-order valence-corrected chi connectivity index (χ4v) is 2.00.